The zero-order valence-corrected chi connectivity index (χ0v) is 13.8. The van der Waals surface area contributed by atoms with Gasteiger partial charge in [0.05, 0.1) is 0 Å². The molecule has 1 saturated carbocycles. The van der Waals surface area contributed by atoms with Crippen molar-refractivity contribution >= 4 is 22.0 Å². The summed E-state index contributed by atoms with van der Waals surface area (Å²) in [7, 11) is 0. The highest BCUT2D eigenvalue weighted by molar-refractivity contribution is 9.10. The van der Waals surface area contributed by atoms with Crippen molar-refractivity contribution in [3.05, 3.63) is 70.2 Å². The minimum Gasteiger partial charge on any atom is -0.443 e. The van der Waals surface area contributed by atoms with Crippen LogP contribution in [0.1, 0.15) is 24.0 Å². The highest BCUT2D eigenvalue weighted by Crippen LogP contribution is 2.42. The molecule has 0 unspecified atom stereocenters. The SMILES string of the molecule is O=C(NCc1ccccc1)OC1(Cc2ccc(Br)cc2)CC1. The molecule has 22 heavy (non-hydrogen) atoms. The van der Waals surface area contributed by atoms with Gasteiger partial charge in [0.1, 0.15) is 5.60 Å². The summed E-state index contributed by atoms with van der Waals surface area (Å²) in [6.07, 6.45) is 2.31. The van der Waals surface area contributed by atoms with Gasteiger partial charge in [0, 0.05) is 17.4 Å². The fourth-order valence-electron chi connectivity index (χ4n) is 2.43. The predicted octanol–water partition coefficient (Wildman–Crippen LogP) is 4.45. The van der Waals surface area contributed by atoms with Gasteiger partial charge in [-0.2, -0.15) is 0 Å². The summed E-state index contributed by atoms with van der Waals surface area (Å²) in [4.78, 5) is 12.0. The van der Waals surface area contributed by atoms with E-state index in [0.717, 1.165) is 29.3 Å². The fraction of sp³-hybridized carbons (Fsp3) is 0.278. The van der Waals surface area contributed by atoms with Crippen molar-refractivity contribution in [2.24, 2.45) is 0 Å². The Balaban J connectivity index is 1.51. The molecule has 1 fully saturated rings. The van der Waals surface area contributed by atoms with Gasteiger partial charge in [0.15, 0.2) is 0 Å². The summed E-state index contributed by atoms with van der Waals surface area (Å²) in [6.45, 7) is 0.494. The van der Waals surface area contributed by atoms with E-state index in [-0.39, 0.29) is 11.7 Å². The molecule has 0 bridgehead atoms. The van der Waals surface area contributed by atoms with Crippen molar-refractivity contribution in [2.75, 3.05) is 0 Å². The molecule has 0 saturated heterocycles. The number of ether oxygens (including phenoxy) is 1. The average molecular weight is 360 g/mol. The molecule has 4 heteroatoms. The van der Waals surface area contributed by atoms with Crippen LogP contribution in [-0.4, -0.2) is 11.7 Å². The number of rotatable bonds is 5. The first-order chi connectivity index (χ1) is 10.7. The highest BCUT2D eigenvalue weighted by atomic mass is 79.9. The summed E-state index contributed by atoms with van der Waals surface area (Å²) in [5.41, 5.74) is 1.95. The van der Waals surface area contributed by atoms with Gasteiger partial charge in [-0.25, -0.2) is 4.79 Å². The number of amides is 1. The molecule has 1 N–H and O–H groups in total. The predicted molar refractivity (Wildman–Crippen MR) is 89.6 cm³/mol. The number of hydrogen-bond donors (Lipinski definition) is 1. The zero-order chi connectivity index (χ0) is 15.4. The lowest BCUT2D eigenvalue weighted by atomic mass is 10.1. The van der Waals surface area contributed by atoms with Crippen molar-refractivity contribution < 1.29 is 9.53 Å². The van der Waals surface area contributed by atoms with E-state index in [9.17, 15) is 4.79 Å². The minimum absolute atomic E-state index is 0.311. The Morgan fingerprint density at radius 2 is 1.73 bits per heavy atom. The number of hydrogen-bond acceptors (Lipinski definition) is 2. The topological polar surface area (TPSA) is 38.3 Å². The minimum atomic E-state index is -0.335. The molecule has 2 aromatic rings. The van der Waals surface area contributed by atoms with Crippen LogP contribution in [0.15, 0.2) is 59.1 Å². The third kappa shape index (κ3) is 4.10. The van der Waals surface area contributed by atoms with Gasteiger partial charge in [-0.15, -0.1) is 0 Å². The van der Waals surface area contributed by atoms with Gasteiger partial charge in [-0.1, -0.05) is 58.4 Å². The van der Waals surface area contributed by atoms with Crippen LogP contribution in [0.3, 0.4) is 0 Å². The lowest BCUT2D eigenvalue weighted by molar-refractivity contribution is 0.0823. The molecule has 114 valence electrons. The molecule has 0 aliphatic heterocycles. The molecule has 3 rings (SSSR count). The van der Waals surface area contributed by atoms with Crippen molar-refractivity contribution in [1.82, 2.24) is 5.32 Å². The van der Waals surface area contributed by atoms with Crippen LogP contribution >= 0.6 is 15.9 Å². The molecule has 0 spiro atoms. The second-order valence-corrected chi connectivity index (χ2v) is 6.63. The largest absolute Gasteiger partial charge is 0.443 e. The van der Waals surface area contributed by atoms with Crippen LogP contribution in [0.4, 0.5) is 4.79 Å². The van der Waals surface area contributed by atoms with Crippen molar-refractivity contribution in [3.8, 4) is 0 Å². The smallest absolute Gasteiger partial charge is 0.407 e. The molecule has 1 amide bonds. The third-order valence-corrected chi connectivity index (χ3v) is 4.36. The Hall–Kier alpha value is -1.81. The van der Waals surface area contributed by atoms with E-state index >= 15 is 0 Å². The first-order valence-electron chi connectivity index (χ1n) is 7.40. The second kappa shape index (κ2) is 6.53. The van der Waals surface area contributed by atoms with Crippen LogP contribution in [0.25, 0.3) is 0 Å². The average Bonchev–Trinajstić information content (AvgIpc) is 3.28. The molecule has 0 radical (unpaired) electrons. The van der Waals surface area contributed by atoms with Crippen LogP contribution in [-0.2, 0) is 17.7 Å². The maximum Gasteiger partial charge on any atom is 0.407 e. The van der Waals surface area contributed by atoms with Gasteiger partial charge < -0.3 is 10.1 Å². The summed E-state index contributed by atoms with van der Waals surface area (Å²) < 4.78 is 6.70. The lowest BCUT2D eigenvalue weighted by Crippen LogP contribution is -2.30. The number of nitrogens with one attached hydrogen (secondary N) is 1. The number of halogens is 1. The van der Waals surface area contributed by atoms with Gasteiger partial charge in [0.25, 0.3) is 0 Å². The van der Waals surface area contributed by atoms with E-state index in [1.54, 1.807) is 0 Å². The second-order valence-electron chi connectivity index (χ2n) is 5.71. The van der Waals surface area contributed by atoms with Crippen molar-refractivity contribution in [1.29, 1.82) is 0 Å². The van der Waals surface area contributed by atoms with E-state index in [1.165, 1.54) is 5.56 Å². The summed E-state index contributed by atoms with van der Waals surface area (Å²) >= 11 is 3.43. The maximum atomic E-state index is 12.0. The van der Waals surface area contributed by atoms with E-state index in [0.29, 0.717) is 6.54 Å². The number of carbonyl (C=O) groups excluding carboxylic acids is 1. The normalized spacial score (nSPS) is 15.1. The van der Waals surface area contributed by atoms with E-state index in [2.05, 4.69) is 33.4 Å². The maximum absolute atomic E-state index is 12.0. The Morgan fingerprint density at radius 1 is 1.05 bits per heavy atom. The molecule has 1 aliphatic rings. The molecule has 0 aromatic heterocycles. The Kier molecular flexibility index (Phi) is 4.48. The first-order valence-corrected chi connectivity index (χ1v) is 8.20. The van der Waals surface area contributed by atoms with Crippen molar-refractivity contribution in [3.63, 3.8) is 0 Å². The van der Waals surface area contributed by atoms with Crippen LogP contribution < -0.4 is 5.32 Å². The van der Waals surface area contributed by atoms with Crippen LogP contribution in [0, 0.1) is 0 Å². The fourth-order valence-corrected chi connectivity index (χ4v) is 2.70. The van der Waals surface area contributed by atoms with Crippen LogP contribution in [0.2, 0.25) is 0 Å². The first kappa shape index (κ1) is 15.1. The van der Waals surface area contributed by atoms with E-state index in [4.69, 9.17) is 4.74 Å². The number of alkyl carbamates (subject to hydrolysis) is 1. The van der Waals surface area contributed by atoms with Gasteiger partial charge >= 0.3 is 6.09 Å². The standard InChI is InChI=1S/C18H18BrNO2/c19-16-8-6-14(7-9-16)12-18(10-11-18)22-17(21)20-13-15-4-2-1-3-5-15/h1-9H,10-13H2,(H,20,21). The van der Waals surface area contributed by atoms with Crippen LogP contribution in [0.5, 0.6) is 0 Å². The number of carbonyl (C=O) groups is 1. The van der Waals surface area contributed by atoms with Gasteiger partial charge in [-0.3, -0.25) is 0 Å². The van der Waals surface area contributed by atoms with Gasteiger partial charge in [-0.05, 0) is 36.1 Å². The van der Waals surface area contributed by atoms with E-state index in [1.807, 2.05) is 42.5 Å². The molecule has 0 heterocycles. The zero-order valence-electron chi connectivity index (χ0n) is 12.2. The van der Waals surface area contributed by atoms with E-state index < -0.39 is 0 Å². The van der Waals surface area contributed by atoms with Gasteiger partial charge in [0.2, 0.25) is 0 Å². The summed E-state index contributed by atoms with van der Waals surface area (Å²) in [6, 6.07) is 18.0. The highest BCUT2D eigenvalue weighted by Gasteiger charge is 2.46. The molecule has 0 atom stereocenters. The number of benzene rings is 2. The lowest BCUT2D eigenvalue weighted by Gasteiger charge is -2.17. The molecule has 3 nitrogen and oxygen atoms in total. The Morgan fingerprint density at radius 3 is 2.36 bits per heavy atom. The third-order valence-electron chi connectivity index (χ3n) is 3.84. The summed E-state index contributed by atoms with van der Waals surface area (Å²) in [5.74, 6) is 0. The molecular formula is C18H18BrNO2. The molecule has 1 aliphatic carbocycles. The molecule has 2 aromatic carbocycles. The summed E-state index contributed by atoms with van der Waals surface area (Å²) in [5, 5.41) is 2.82. The monoisotopic (exact) mass is 359 g/mol. The molecular weight excluding hydrogens is 342 g/mol. The Bertz CT molecular complexity index is 636. The quantitative estimate of drug-likeness (QED) is 0.856. The van der Waals surface area contributed by atoms with Crippen molar-refractivity contribution in [2.45, 2.75) is 31.4 Å². The Labute approximate surface area is 138 Å².